The van der Waals surface area contributed by atoms with Crippen molar-refractivity contribution in [3.05, 3.63) is 16.1 Å². The Labute approximate surface area is 179 Å². The molecule has 0 amide bonds. The Kier molecular flexibility index (Phi) is 9.76. The van der Waals surface area contributed by atoms with Gasteiger partial charge in [0.05, 0.1) is 17.7 Å². The third kappa shape index (κ3) is 7.37. The number of thiazole rings is 1. The number of aliphatic imine (C=N–C) groups is 1. The van der Waals surface area contributed by atoms with E-state index in [2.05, 4.69) is 27.5 Å². The molecule has 1 aliphatic rings. The van der Waals surface area contributed by atoms with E-state index in [9.17, 15) is 18.3 Å². The van der Waals surface area contributed by atoms with Crippen LogP contribution in [0.3, 0.4) is 0 Å². The number of alkyl halides is 3. The largest absolute Gasteiger partial charge is 0.434 e. The maximum atomic E-state index is 12.6. The number of hydrogen-bond acceptors (Lipinski definition) is 4. The van der Waals surface area contributed by atoms with Crippen LogP contribution in [0.5, 0.6) is 0 Å². The van der Waals surface area contributed by atoms with E-state index in [1.807, 2.05) is 6.92 Å². The second-order valence-corrected chi connectivity index (χ2v) is 7.85. The van der Waals surface area contributed by atoms with Crippen LogP contribution in [-0.2, 0) is 12.6 Å². The lowest BCUT2D eigenvalue weighted by Crippen LogP contribution is -2.42. The van der Waals surface area contributed by atoms with Crippen molar-refractivity contribution in [1.29, 1.82) is 0 Å². The molecule has 2 unspecified atom stereocenters. The third-order valence-corrected chi connectivity index (χ3v) is 5.60. The van der Waals surface area contributed by atoms with Gasteiger partial charge in [-0.05, 0) is 19.8 Å². The van der Waals surface area contributed by atoms with Gasteiger partial charge < -0.3 is 15.7 Å². The zero-order chi connectivity index (χ0) is 19.2. The molecule has 1 aromatic heterocycles. The number of nitrogens with one attached hydrogen (secondary N) is 2. The van der Waals surface area contributed by atoms with E-state index < -0.39 is 11.9 Å². The third-order valence-electron chi connectivity index (χ3n) is 4.70. The Morgan fingerprint density at radius 1 is 1.41 bits per heavy atom. The first kappa shape index (κ1) is 24.4. The van der Waals surface area contributed by atoms with Crippen molar-refractivity contribution in [2.45, 2.75) is 58.2 Å². The molecule has 1 saturated carbocycles. The van der Waals surface area contributed by atoms with Gasteiger partial charge in [-0.3, -0.25) is 4.99 Å². The number of aliphatic hydroxyl groups is 1. The standard InChI is InChI=1S/C17H27F3N4OS.HI/c1-3-21-15(23-11-16(2)8-5-4-6-13(16)25)22-9-7-14-24-12(10-26-14)17(18,19)20;/h10,13,25H,3-9,11H2,1-2H3,(H2,21,22,23);1H. The van der Waals surface area contributed by atoms with Crippen molar-refractivity contribution in [3.8, 4) is 0 Å². The molecule has 10 heteroatoms. The summed E-state index contributed by atoms with van der Waals surface area (Å²) < 4.78 is 37.7. The van der Waals surface area contributed by atoms with E-state index >= 15 is 0 Å². The average Bonchev–Trinajstić information content (AvgIpc) is 3.05. The van der Waals surface area contributed by atoms with Crippen LogP contribution in [0.25, 0.3) is 0 Å². The van der Waals surface area contributed by atoms with Crippen LogP contribution >= 0.6 is 35.3 Å². The molecule has 1 heterocycles. The molecule has 1 aliphatic carbocycles. The van der Waals surface area contributed by atoms with E-state index in [1.54, 1.807) is 0 Å². The maximum absolute atomic E-state index is 12.6. The fourth-order valence-corrected chi connectivity index (χ4v) is 3.82. The first-order valence-corrected chi connectivity index (χ1v) is 9.84. The van der Waals surface area contributed by atoms with Gasteiger partial charge >= 0.3 is 6.18 Å². The zero-order valence-electron chi connectivity index (χ0n) is 15.6. The Morgan fingerprint density at radius 3 is 2.74 bits per heavy atom. The summed E-state index contributed by atoms with van der Waals surface area (Å²) in [5.41, 5.74) is -1.06. The molecule has 0 saturated heterocycles. The minimum atomic E-state index is -4.39. The number of halogens is 4. The smallest absolute Gasteiger partial charge is 0.392 e. The molecule has 1 aromatic rings. The predicted molar refractivity (Wildman–Crippen MR) is 113 cm³/mol. The summed E-state index contributed by atoms with van der Waals surface area (Å²) >= 11 is 1.01. The van der Waals surface area contributed by atoms with Gasteiger partial charge in [0.1, 0.15) is 0 Å². The molecule has 2 atom stereocenters. The van der Waals surface area contributed by atoms with Crippen molar-refractivity contribution in [2.24, 2.45) is 10.4 Å². The average molecular weight is 520 g/mol. The van der Waals surface area contributed by atoms with E-state index in [0.29, 0.717) is 37.0 Å². The SMILES string of the molecule is CCNC(=NCC1(C)CCCCC1O)NCCc1nc(C(F)(F)F)cs1.I. The Hall–Kier alpha value is -0.620. The maximum Gasteiger partial charge on any atom is 0.434 e. The van der Waals surface area contributed by atoms with E-state index in [1.165, 1.54) is 0 Å². The fourth-order valence-electron chi connectivity index (χ4n) is 3.01. The summed E-state index contributed by atoms with van der Waals surface area (Å²) in [5, 5.41) is 18.0. The summed E-state index contributed by atoms with van der Waals surface area (Å²) in [5.74, 6) is 0.610. The summed E-state index contributed by atoms with van der Waals surface area (Å²) in [6, 6.07) is 0. The van der Waals surface area contributed by atoms with E-state index in [-0.39, 0.29) is 35.5 Å². The van der Waals surface area contributed by atoms with Gasteiger partial charge in [-0.15, -0.1) is 35.3 Å². The molecule has 0 bridgehead atoms. The molecule has 0 radical (unpaired) electrons. The lowest BCUT2D eigenvalue weighted by atomic mass is 9.73. The lowest BCUT2D eigenvalue weighted by Gasteiger charge is -2.37. The Balaban J connectivity index is 0.00000364. The van der Waals surface area contributed by atoms with Gasteiger partial charge in [-0.1, -0.05) is 19.8 Å². The summed E-state index contributed by atoms with van der Waals surface area (Å²) in [7, 11) is 0. The van der Waals surface area contributed by atoms with Crippen LogP contribution in [0, 0.1) is 5.41 Å². The van der Waals surface area contributed by atoms with Crippen LogP contribution < -0.4 is 10.6 Å². The van der Waals surface area contributed by atoms with E-state index in [0.717, 1.165) is 42.4 Å². The van der Waals surface area contributed by atoms with Gasteiger partial charge in [0.15, 0.2) is 11.7 Å². The highest BCUT2D eigenvalue weighted by molar-refractivity contribution is 14.0. The van der Waals surface area contributed by atoms with Gasteiger partial charge in [0.25, 0.3) is 0 Å². The van der Waals surface area contributed by atoms with Gasteiger partial charge in [0, 0.05) is 30.3 Å². The van der Waals surface area contributed by atoms with Gasteiger partial charge in [-0.25, -0.2) is 4.98 Å². The van der Waals surface area contributed by atoms with Crippen LogP contribution in [-0.4, -0.2) is 41.8 Å². The number of aliphatic hydroxyl groups excluding tert-OH is 1. The number of aromatic nitrogens is 1. The summed E-state index contributed by atoms with van der Waals surface area (Å²) in [4.78, 5) is 8.20. The van der Waals surface area contributed by atoms with E-state index in [4.69, 9.17) is 0 Å². The normalized spacial score (nSPS) is 23.6. The highest BCUT2D eigenvalue weighted by atomic mass is 127. The molecule has 0 spiro atoms. The molecule has 3 N–H and O–H groups in total. The first-order chi connectivity index (χ1) is 12.2. The first-order valence-electron chi connectivity index (χ1n) is 8.96. The Bertz CT molecular complexity index is 611. The van der Waals surface area contributed by atoms with Crippen molar-refractivity contribution in [2.75, 3.05) is 19.6 Å². The molecule has 27 heavy (non-hydrogen) atoms. The minimum Gasteiger partial charge on any atom is -0.392 e. The Morgan fingerprint density at radius 2 is 2.15 bits per heavy atom. The van der Waals surface area contributed by atoms with Crippen molar-refractivity contribution >= 4 is 41.3 Å². The zero-order valence-corrected chi connectivity index (χ0v) is 18.8. The molecular weight excluding hydrogens is 492 g/mol. The van der Waals surface area contributed by atoms with Crippen molar-refractivity contribution in [1.82, 2.24) is 15.6 Å². The number of rotatable bonds is 6. The summed E-state index contributed by atoms with van der Waals surface area (Å²) in [6.07, 6.45) is -0.456. The molecule has 156 valence electrons. The molecule has 5 nitrogen and oxygen atoms in total. The topological polar surface area (TPSA) is 69.5 Å². The van der Waals surface area contributed by atoms with Crippen LogP contribution in [0.2, 0.25) is 0 Å². The summed E-state index contributed by atoms with van der Waals surface area (Å²) in [6.45, 7) is 5.64. The molecule has 2 rings (SSSR count). The van der Waals surface area contributed by atoms with Crippen LogP contribution in [0.15, 0.2) is 10.4 Å². The number of hydrogen-bond donors (Lipinski definition) is 3. The monoisotopic (exact) mass is 520 g/mol. The predicted octanol–water partition coefficient (Wildman–Crippen LogP) is 3.82. The van der Waals surface area contributed by atoms with Crippen LogP contribution in [0.4, 0.5) is 13.2 Å². The second kappa shape index (κ2) is 10.8. The highest BCUT2D eigenvalue weighted by Gasteiger charge is 2.35. The fraction of sp³-hybridized carbons (Fsp3) is 0.765. The lowest BCUT2D eigenvalue weighted by molar-refractivity contribution is -0.140. The second-order valence-electron chi connectivity index (χ2n) is 6.91. The van der Waals surface area contributed by atoms with Crippen molar-refractivity contribution in [3.63, 3.8) is 0 Å². The molecule has 0 aliphatic heterocycles. The van der Waals surface area contributed by atoms with Gasteiger partial charge in [-0.2, -0.15) is 13.2 Å². The molecule has 1 fully saturated rings. The molecule has 0 aromatic carbocycles. The highest BCUT2D eigenvalue weighted by Crippen LogP contribution is 2.36. The quantitative estimate of drug-likeness (QED) is 0.303. The number of guanidine groups is 1. The molecular formula is C17H28F3IN4OS. The van der Waals surface area contributed by atoms with Crippen molar-refractivity contribution < 1.29 is 18.3 Å². The van der Waals surface area contributed by atoms with Crippen LogP contribution in [0.1, 0.15) is 50.2 Å². The minimum absolute atomic E-state index is 0. The number of nitrogens with zero attached hydrogens (tertiary/aromatic N) is 2. The van der Waals surface area contributed by atoms with Gasteiger partial charge in [0.2, 0.25) is 0 Å².